The molecule has 0 unspecified atom stereocenters. The Morgan fingerprint density at radius 1 is 1.20 bits per heavy atom. The molecule has 0 saturated carbocycles. The molecule has 0 amide bonds. The van der Waals surface area contributed by atoms with Gasteiger partial charge >= 0.3 is 0 Å². The van der Waals surface area contributed by atoms with E-state index in [4.69, 9.17) is 4.42 Å². The van der Waals surface area contributed by atoms with Crippen molar-refractivity contribution in [2.75, 3.05) is 17.7 Å². The molecule has 0 saturated heterocycles. The maximum Gasteiger partial charge on any atom is 0.138 e. The van der Waals surface area contributed by atoms with Gasteiger partial charge in [0.2, 0.25) is 0 Å². The summed E-state index contributed by atoms with van der Waals surface area (Å²) in [5.74, 6) is 3.39. The lowest BCUT2D eigenvalue weighted by molar-refractivity contribution is 0.517. The Bertz CT molecular complexity index is 570. The van der Waals surface area contributed by atoms with E-state index in [0.717, 1.165) is 28.8 Å². The van der Waals surface area contributed by atoms with Crippen molar-refractivity contribution in [2.24, 2.45) is 0 Å². The van der Waals surface area contributed by atoms with Crippen LogP contribution in [0.15, 0.2) is 22.8 Å². The van der Waals surface area contributed by atoms with Crippen LogP contribution in [0.2, 0.25) is 0 Å². The number of nitrogens with zero attached hydrogens (tertiary/aromatic N) is 2. The van der Waals surface area contributed by atoms with Crippen molar-refractivity contribution in [1.29, 1.82) is 0 Å². The second-order valence-corrected chi connectivity index (χ2v) is 5.80. The highest BCUT2D eigenvalue weighted by molar-refractivity contribution is 5.57. The van der Waals surface area contributed by atoms with Crippen molar-refractivity contribution >= 4 is 11.6 Å². The minimum Gasteiger partial charge on any atom is -0.467 e. The SMILES string of the molecule is CNc1nc(C(C)(C)C)nc(NCc2ccco2)c1C. The predicted molar refractivity (Wildman–Crippen MR) is 81.1 cm³/mol. The second-order valence-electron chi connectivity index (χ2n) is 5.80. The molecule has 0 aliphatic carbocycles. The molecule has 2 heterocycles. The van der Waals surface area contributed by atoms with E-state index in [-0.39, 0.29) is 5.41 Å². The van der Waals surface area contributed by atoms with Crippen molar-refractivity contribution in [3.05, 3.63) is 35.5 Å². The molecule has 0 spiro atoms. The van der Waals surface area contributed by atoms with E-state index in [0.29, 0.717) is 6.54 Å². The van der Waals surface area contributed by atoms with E-state index in [1.165, 1.54) is 0 Å². The van der Waals surface area contributed by atoms with Crippen molar-refractivity contribution in [1.82, 2.24) is 9.97 Å². The molecule has 2 aromatic heterocycles. The molecule has 0 fully saturated rings. The summed E-state index contributed by atoms with van der Waals surface area (Å²) < 4.78 is 5.33. The third kappa shape index (κ3) is 3.10. The third-order valence-corrected chi connectivity index (χ3v) is 3.06. The van der Waals surface area contributed by atoms with Gasteiger partial charge in [-0.15, -0.1) is 0 Å². The number of nitrogens with one attached hydrogen (secondary N) is 2. The molecule has 2 aromatic rings. The summed E-state index contributed by atoms with van der Waals surface area (Å²) in [6.45, 7) is 8.93. The maximum atomic E-state index is 5.33. The van der Waals surface area contributed by atoms with Crippen molar-refractivity contribution in [3.63, 3.8) is 0 Å². The maximum absolute atomic E-state index is 5.33. The number of furan rings is 1. The first-order chi connectivity index (χ1) is 9.41. The van der Waals surface area contributed by atoms with Gasteiger partial charge in [0.15, 0.2) is 0 Å². The van der Waals surface area contributed by atoms with Crippen LogP contribution in [0.3, 0.4) is 0 Å². The van der Waals surface area contributed by atoms with Crippen LogP contribution >= 0.6 is 0 Å². The quantitative estimate of drug-likeness (QED) is 0.895. The molecule has 0 radical (unpaired) electrons. The Hall–Kier alpha value is -2.04. The summed E-state index contributed by atoms with van der Waals surface area (Å²) in [5, 5.41) is 6.44. The Labute approximate surface area is 119 Å². The Kier molecular flexibility index (Phi) is 3.97. The first kappa shape index (κ1) is 14.4. The van der Waals surface area contributed by atoms with Crippen LogP contribution in [-0.4, -0.2) is 17.0 Å². The van der Waals surface area contributed by atoms with Gasteiger partial charge in [-0.25, -0.2) is 9.97 Å². The fraction of sp³-hybridized carbons (Fsp3) is 0.467. The van der Waals surface area contributed by atoms with Crippen LogP contribution < -0.4 is 10.6 Å². The molecule has 108 valence electrons. The largest absolute Gasteiger partial charge is 0.467 e. The highest BCUT2D eigenvalue weighted by Crippen LogP contribution is 2.26. The summed E-state index contributed by atoms with van der Waals surface area (Å²) in [6, 6.07) is 3.82. The van der Waals surface area contributed by atoms with E-state index in [1.54, 1.807) is 6.26 Å². The Balaban J connectivity index is 2.30. The number of rotatable bonds is 4. The number of hydrogen-bond acceptors (Lipinski definition) is 5. The summed E-state index contributed by atoms with van der Waals surface area (Å²) in [5.41, 5.74) is 0.910. The molecule has 5 heteroatoms. The minimum atomic E-state index is -0.0968. The van der Waals surface area contributed by atoms with Gasteiger partial charge in [-0.3, -0.25) is 0 Å². The zero-order valence-corrected chi connectivity index (χ0v) is 12.7. The monoisotopic (exact) mass is 274 g/mol. The highest BCUT2D eigenvalue weighted by atomic mass is 16.3. The molecule has 2 rings (SSSR count). The predicted octanol–water partition coefficient (Wildman–Crippen LogP) is 3.33. The van der Waals surface area contributed by atoms with Crippen molar-refractivity contribution in [3.8, 4) is 0 Å². The second kappa shape index (κ2) is 5.53. The normalized spacial score (nSPS) is 11.4. The summed E-state index contributed by atoms with van der Waals surface area (Å²) >= 11 is 0. The molecule has 0 aliphatic rings. The van der Waals surface area contributed by atoms with Gasteiger partial charge in [0, 0.05) is 18.0 Å². The molecule has 2 N–H and O–H groups in total. The van der Waals surface area contributed by atoms with Gasteiger partial charge in [-0.2, -0.15) is 0 Å². The van der Waals surface area contributed by atoms with E-state index >= 15 is 0 Å². The van der Waals surface area contributed by atoms with Crippen molar-refractivity contribution in [2.45, 2.75) is 39.7 Å². The minimum absolute atomic E-state index is 0.0968. The van der Waals surface area contributed by atoms with Crippen LogP contribution in [-0.2, 0) is 12.0 Å². The standard InChI is InChI=1S/C15H22N4O/c1-10-12(16-5)18-14(15(2,3)4)19-13(10)17-9-11-7-6-8-20-11/h6-8H,9H2,1-5H3,(H2,16,17,18,19). The smallest absolute Gasteiger partial charge is 0.138 e. The molecule has 5 nitrogen and oxygen atoms in total. The van der Waals surface area contributed by atoms with E-state index in [2.05, 4.69) is 41.4 Å². The topological polar surface area (TPSA) is 63.0 Å². The van der Waals surface area contributed by atoms with Crippen molar-refractivity contribution < 1.29 is 4.42 Å². The lowest BCUT2D eigenvalue weighted by Gasteiger charge is -2.20. The van der Waals surface area contributed by atoms with E-state index in [1.807, 2.05) is 26.1 Å². The third-order valence-electron chi connectivity index (χ3n) is 3.06. The van der Waals surface area contributed by atoms with Gasteiger partial charge in [-0.05, 0) is 19.1 Å². The first-order valence-electron chi connectivity index (χ1n) is 6.75. The lowest BCUT2D eigenvalue weighted by Crippen LogP contribution is -2.19. The summed E-state index contributed by atoms with van der Waals surface area (Å²) in [4.78, 5) is 9.23. The lowest BCUT2D eigenvalue weighted by atomic mass is 9.95. The molecule has 0 aromatic carbocycles. The first-order valence-corrected chi connectivity index (χ1v) is 6.75. The zero-order valence-electron chi connectivity index (χ0n) is 12.7. The fourth-order valence-corrected chi connectivity index (χ4v) is 1.85. The number of anilines is 2. The molecule has 0 atom stereocenters. The van der Waals surface area contributed by atoms with Crippen LogP contribution in [0.4, 0.5) is 11.6 Å². The van der Waals surface area contributed by atoms with E-state index < -0.39 is 0 Å². The van der Waals surface area contributed by atoms with Crippen LogP contribution in [0.25, 0.3) is 0 Å². The molecular weight excluding hydrogens is 252 g/mol. The molecule has 0 aliphatic heterocycles. The van der Waals surface area contributed by atoms with Gasteiger partial charge < -0.3 is 15.1 Å². The van der Waals surface area contributed by atoms with Gasteiger partial charge in [0.25, 0.3) is 0 Å². The fourth-order valence-electron chi connectivity index (χ4n) is 1.85. The molecular formula is C15H22N4O. The van der Waals surface area contributed by atoms with Gasteiger partial charge in [0.1, 0.15) is 23.2 Å². The molecule has 20 heavy (non-hydrogen) atoms. The van der Waals surface area contributed by atoms with E-state index in [9.17, 15) is 0 Å². The average Bonchev–Trinajstić information content (AvgIpc) is 2.89. The Morgan fingerprint density at radius 3 is 2.45 bits per heavy atom. The number of hydrogen-bond donors (Lipinski definition) is 2. The van der Waals surface area contributed by atoms with Gasteiger partial charge in [0.05, 0.1) is 12.8 Å². The number of aromatic nitrogens is 2. The zero-order chi connectivity index (χ0) is 14.8. The summed E-state index contributed by atoms with van der Waals surface area (Å²) in [7, 11) is 1.87. The average molecular weight is 274 g/mol. The van der Waals surface area contributed by atoms with Gasteiger partial charge in [-0.1, -0.05) is 20.8 Å². The van der Waals surface area contributed by atoms with Crippen LogP contribution in [0.1, 0.15) is 37.9 Å². The Morgan fingerprint density at radius 2 is 1.90 bits per heavy atom. The van der Waals surface area contributed by atoms with Crippen LogP contribution in [0.5, 0.6) is 0 Å². The van der Waals surface area contributed by atoms with Crippen LogP contribution in [0, 0.1) is 6.92 Å². The molecule has 0 bridgehead atoms. The summed E-state index contributed by atoms with van der Waals surface area (Å²) in [6.07, 6.45) is 1.67. The highest BCUT2D eigenvalue weighted by Gasteiger charge is 2.20.